The number of unbranched alkanes of at least 4 members (excludes halogenated alkanes) is 1. The first-order valence-corrected chi connectivity index (χ1v) is 19.8. The minimum absolute atomic E-state index is 0.0197. The molecule has 0 radical (unpaired) electrons. The van der Waals surface area contributed by atoms with Gasteiger partial charge in [-0.25, -0.2) is 4.79 Å². The van der Waals surface area contributed by atoms with Crippen molar-refractivity contribution in [1.82, 2.24) is 42.5 Å². The van der Waals surface area contributed by atoms with E-state index < -0.39 is 133 Å². The van der Waals surface area contributed by atoms with E-state index in [9.17, 15) is 68.4 Å². The SMILES string of the molecule is COc1ccc(C(=O)N[C@@H](C)C(=O)N[C@@H](CCC(N)=O)C(=O)N[C@H](C(=O)NCC(=O)N[C@H](C(=O)NCC(=O)N[C@@H](CCCCN)C(=O)N[C@H](C(=O)O)[C@@H](C)O)[C@@H](C)O)[C@@H](C)O)cc1. The predicted octanol–water partition coefficient (Wildman–Crippen LogP) is -5.91. The van der Waals surface area contributed by atoms with Gasteiger partial charge in [-0.15, -0.1) is 0 Å². The van der Waals surface area contributed by atoms with Crippen LogP contribution in [-0.4, -0.2) is 161 Å². The smallest absolute Gasteiger partial charge is 0.328 e. The first-order chi connectivity index (χ1) is 29.5. The Labute approximate surface area is 362 Å². The molecule has 16 N–H and O–H groups in total. The van der Waals surface area contributed by atoms with Gasteiger partial charge in [-0.3, -0.25) is 43.2 Å². The largest absolute Gasteiger partial charge is 0.497 e. The van der Waals surface area contributed by atoms with Crippen molar-refractivity contribution in [2.45, 2.75) is 114 Å². The number of primary amides is 1. The van der Waals surface area contributed by atoms with E-state index in [1.54, 1.807) is 0 Å². The number of nitrogens with one attached hydrogen (secondary N) is 8. The van der Waals surface area contributed by atoms with Crippen LogP contribution in [0.3, 0.4) is 0 Å². The molecule has 1 aromatic carbocycles. The van der Waals surface area contributed by atoms with Crippen molar-refractivity contribution in [1.29, 1.82) is 0 Å². The van der Waals surface area contributed by atoms with Gasteiger partial charge in [0, 0.05) is 12.0 Å². The number of carboxylic acid groups (broad SMARTS) is 1. The van der Waals surface area contributed by atoms with Gasteiger partial charge in [-0.1, -0.05) is 0 Å². The van der Waals surface area contributed by atoms with E-state index >= 15 is 0 Å². The summed E-state index contributed by atoms with van der Waals surface area (Å²) in [6, 6.07) is -3.15. The molecule has 0 unspecified atom stereocenters. The molecule has 0 aliphatic heterocycles. The normalized spacial score (nSPS) is 15.1. The lowest BCUT2D eigenvalue weighted by atomic mass is 10.1. The van der Waals surface area contributed by atoms with Gasteiger partial charge in [0.15, 0.2) is 6.04 Å². The minimum atomic E-state index is -1.75. The Bertz CT molecular complexity index is 1760. The summed E-state index contributed by atoms with van der Waals surface area (Å²) in [5, 5.41) is 57.6. The Balaban J connectivity index is 2.91. The minimum Gasteiger partial charge on any atom is -0.497 e. The molecule has 1 aromatic rings. The van der Waals surface area contributed by atoms with E-state index in [0.717, 1.165) is 20.8 Å². The highest BCUT2D eigenvalue weighted by Crippen LogP contribution is 2.11. The Kier molecular flexibility index (Phi) is 23.8. The molecule has 63 heavy (non-hydrogen) atoms. The molecule has 9 amide bonds. The summed E-state index contributed by atoms with van der Waals surface area (Å²) in [5.41, 5.74) is 10.9. The van der Waals surface area contributed by atoms with Gasteiger partial charge in [0.05, 0.1) is 38.5 Å². The van der Waals surface area contributed by atoms with Crippen LogP contribution in [0.5, 0.6) is 5.75 Å². The van der Waals surface area contributed by atoms with E-state index in [2.05, 4.69) is 42.5 Å². The highest BCUT2D eigenvalue weighted by Gasteiger charge is 2.33. The number of rotatable bonds is 28. The number of benzene rings is 1. The maximum Gasteiger partial charge on any atom is 0.328 e. The van der Waals surface area contributed by atoms with E-state index in [1.807, 2.05) is 0 Å². The average molecular weight is 897 g/mol. The highest BCUT2D eigenvalue weighted by atomic mass is 16.5. The standard InChI is InChI=1S/C38H60N10O15/c1-18(43-33(56)22-9-11-23(63-5)12-10-22)32(55)45-25(13-14-26(40)52)35(58)47-30(20(3)50)37(60)42-17-28(54)46-29(19(2)49)36(59)41-16-27(53)44-24(8-6-7-15-39)34(57)48-31(21(4)51)38(61)62/h9-12,18-21,24-25,29-31,49-51H,6-8,13-17,39H2,1-5H3,(H2,40,52)(H,41,59)(H,42,60)(H,43,56)(H,44,53)(H,45,55)(H,46,54)(H,47,58)(H,48,57)(H,61,62)/t18-,19+,20+,21+,24-,25-,29-,30-,31-/m0/s1. The van der Waals surface area contributed by atoms with Crippen molar-refractivity contribution >= 4 is 59.1 Å². The van der Waals surface area contributed by atoms with E-state index in [-0.39, 0.29) is 24.9 Å². The van der Waals surface area contributed by atoms with Crippen LogP contribution in [0, 0.1) is 0 Å². The highest BCUT2D eigenvalue weighted by molar-refractivity contribution is 5.99. The maximum absolute atomic E-state index is 13.3. The van der Waals surface area contributed by atoms with E-state index in [0.29, 0.717) is 18.6 Å². The number of methoxy groups -OCH3 is 1. The van der Waals surface area contributed by atoms with Gasteiger partial charge >= 0.3 is 5.97 Å². The number of amides is 9. The molecule has 0 fully saturated rings. The lowest BCUT2D eigenvalue weighted by Crippen LogP contribution is -2.60. The van der Waals surface area contributed by atoms with Gasteiger partial charge in [0.1, 0.15) is 36.0 Å². The molecule has 25 heteroatoms. The third-order valence-corrected chi connectivity index (χ3v) is 9.04. The first kappa shape index (κ1) is 54.6. The Morgan fingerprint density at radius 1 is 0.603 bits per heavy atom. The van der Waals surface area contributed by atoms with Crippen LogP contribution in [0.4, 0.5) is 0 Å². The molecule has 0 saturated carbocycles. The predicted molar refractivity (Wildman–Crippen MR) is 220 cm³/mol. The fourth-order valence-electron chi connectivity index (χ4n) is 5.43. The van der Waals surface area contributed by atoms with Crippen LogP contribution in [0.25, 0.3) is 0 Å². The summed E-state index contributed by atoms with van der Waals surface area (Å²) < 4.78 is 5.05. The van der Waals surface area contributed by atoms with Crippen molar-refractivity contribution in [2.75, 3.05) is 26.7 Å². The lowest BCUT2D eigenvalue weighted by molar-refractivity contribution is -0.145. The fourth-order valence-corrected chi connectivity index (χ4v) is 5.43. The second kappa shape index (κ2) is 27.5. The zero-order valence-corrected chi connectivity index (χ0v) is 35.6. The van der Waals surface area contributed by atoms with Gasteiger partial charge in [0.2, 0.25) is 47.3 Å². The lowest BCUT2D eigenvalue weighted by Gasteiger charge is -2.26. The Morgan fingerprint density at radius 2 is 1.08 bits per heavy atom. The topological polar surface area (TPSA) is 409 Å². The second-order valence-electron chi connectivity index (χ2n) is 14.4. The zero-order chi connectivity index (χ0) is 48.0. The molecule has 9 atom stereocenters. The van der Waals surface area contributed by atoms with Crippen LogP contribution in [0.2, 0.25) is 0 Å². The van der Waals surface area contributed by atoms with E-state index in [1.165, 1.54) is 38.3 Å². The molecule has 0 bridgehead atoms. The summed E-state index contributed by atoms with van der Waals surface area (Å²) >= 11 is 0. The molecule has 352 valence electrons. The average Bonchev–Trinajstić information content (AvgIpc) is 3.22. The third kappa shape index (κ3) is 19.9. The van der Waals surface area contributed by atoms with Crippen LogP contribution < -0.4 is 58.7 Å². The molecular weight excluding hydrogens is 836 g/mol. The molecule has 0 heterocycles. The maximum atomic E-state index is 13.3. The zero-order valence-electron chi connectivity index (χ0n) is 35.6. The van der Waals surface area contributed by atoms with Crippen LogP contribution in [0.15, 0.2) is 24.3 Å². The van der Waals surface area contributed by atoms with Crippen molar-refractivity contribution in [3.63, 3.8) is 0 Å². The van der Waals surface area contributed by atoms with E-state index in [4.69, 9.17) is 16.2 Å². The molecule has 1 rings (SSSR count). The molecule has 0 saturated heterocycles. The number of nitrogens with two attached hydrogens (primary N) is 2. The number of carbonyl (C=O) groups is 10. The van der Waals surface area contributed by atoms with Gasteiger partial charge < -0.3 is 79.2 Å². The number of aliphatic hydroxyl groups is 3. The second-order valence-corrected chi connectivity index (χ2v) is 14.4. The summed E-state index contributed by atoms with van der Waals surface area (Å²) in [7, 11) is 1.44. The third-order valence-electron chi connectivity index (χ3n) is 9.04. The Hall–Kier alpha value is -6.44. The van der Waals surface area contributed by atoms with Crippen molar-refractivity contribution in [3.8, 4) is 5.75 Å². The first-order valence-electron chi connectivity index (χ1n) is 19.8. The van der Waals surface area contributed by atoms with Crippen molar-refractivity contribution in [2.24, 2.45) is 11.5 Å². The van der Waals surface area contributed by atoms with Crippen LogP contribution in [-0.2, 0) is 43.2 Å². The van der Waals surface area contributed by atoms with Crippen LogP contribution >= 0.6 is 0 Å². The monoisotopic (exact) mass is 896 g/mol. The quantitative estimate of drug-likeness (QED) is 0.0348. The molecule has 25 nitrogen and oxygen atoms in total. The number of carboxylic acids is 1. The number of ether oxygens (including phenoxy) is 1. The molecule has 0 aromatic heterocycles. The summed E-state index contributed by atoms with van der Waals surface area (Å²) in [5.74, 6) is -9.50. The summed E-state index contributed by atoms with van der Waals surface area (Å²) in [4.78, 5) is 126. The van der Waals surface area contributed by atoms with Crippen molar-refractivity contribution in [3.05, 3.63) is 29.8 Å². The molecular formula is C38H60N10O15. The fraction of sp³-hybridized carbons (Fsp3) is 0.579. The molecule has 0 aliphatic rings. The van der Waals surface area contributed by atoms with Crippen molar-refractivity contribution < 1.29 is 73.1 Å². The Morgan fingerprint density at radius 3 is 1.54 bits per heavy atom. The van der Waals surface area contributed by atoms with Crippen LogP contribution in [0.1, 0.15) is 70.2 Å². The molecule has 0 aliphatic carbocycles. The number of carbonyl (C=O) groups excluding carboxylic acids is 9. The van der Waals surface area contributed by atoms with Gasteiger partial charge in [0.25, 0.3) is 5.91 Å². The number of aliphatic carboxylic acids is 1. The molecule has 0 spiro atoms. The number of hydrogen-bond acceptors (Lipinski definition) is 15. The van der Waals surface area contributed by atoms with Gasteiger partial charge in [-0.2, -0.15) is 0 Å². The number of hydrogen-bond donors (Lipinski definition) is 14. The summed E-state index contributed by atoms with van der Waals surface area (Å²) in [6.07, 6.45) is -4.57. The summed E-state index contributed by atoms with van der Waals surface area (Å²) in [6.45, 7) is 3.34. The number of aliphatic hydroxyl groups excluding tert-OH is 3. The van der Waals surface area contributed by atoms with Gasteiger partial charge in [-0.05, 0) is 84.2 Å².